The van der Waals surface area contributed by atoms with E-state index in [1.54, 1.807) is 18.4 Å². The molecule has 222 valence electrons. The van der Waals surface area contributed by atoms with Crippen molar-refractivity contribution < 1.29 is 19.0 Å². The predicted molar refractivity (Wildman–Crippen MR) is 183 cm³/mol. The molecule has 0 unspecified atom stereocenters. The first-order valence-electron chi connectivity index (χ1n) is 13.5. The molecular weight excluding hydrogens is 811 g/mol. The fraction of sp³-hybridized carbons (Fsp3) is 0.219. The highest BCUT2D eigenvalue weighted by Gasteiger charge is 2.33. The normalized spacial score (nSPS) is 14.7. The number of thiazole rings is 1. The molecule has 5 rings (SSSR count). The Morgan fingerprint density at radius 3 is 2.42 bits per heavy atom. The number of carbonyl (C=O) groups excluding carboxylic acids is 1. The van der Waals surface area contributed by atoms with E-state index in [4.69, 9.17) is 14.2 Å². The zero-order chi connectivity index (χ0) is 30.7. The van der Waals surface area contributed by atoms with Crippen molar-refractivity contribution in [3.8, 4) is 11.5 Å². The van der Waals surface area contributed by atoms with Crippen molar-refractivity contribution in [1.29, 1.82) is 0 Å². The summed E-state index contributed by atoms with van der Waals surface area (Å²) >= 11 is 10.6. The molecule has 0 amide bonds. The molecular formula is C32H27Br2IN2O5S. The smallest absolute Gasteiger partial charge is 0.338 e. The summed E-state index contributed by atoms with van der Waals surface area (Å²) < 4.78 is 22.1. The van der Waals surface area contributed by atoms with E-state index in [0.717, 1.165) is 29.2 Å². The van der Waals surface area contributed by atoms with Gasteiger partial charge in [0.1, 0.15) is 18.1 Å². The summed E-state index contributed by atoms with van der Waals surface area (Å²) in [7, 11) is 0. The van der Waals surface area contributed by atoms with Gasteiger partial charge >= 0.3 is 5.97 Å². The predicted octanol–water partition coefficient (Wildman–Crippen LogP) is 6.91. The van der Waals surface area contributed by atoms with Crippen LogP contribution in [0.15, 0.2) is 90.7 Å². The Labute approximate surface area is 283 Å². The second-order valence-corrected chi connectivity index (χ2v) is 13.5. The van der Waals surface area contributed by atoms with Gasteiger partial charge < -0.3 is 14.2 Å². The van der Waals surface area contributed by atoms with Gasteiger partial charge in [0.15, 0.2) is 4.80 Å². The zero-order valence-electron chi connectivity index (χ0n) is 23.5. The van der Waals surface area contributed by atoms with Crippen molar-refractivity contribution in [2.24, 2.45) is 4.99 Å². The molecule has 2 heterocycles. The summed E-state index contributed by atoms with van der Waals surface area (Å²) in [5.74, 6) is 0.878. The van der Waals surface area contributed by atoms with Gasteiger partial charge in [-0.3, -0.25) is 9.36 Å². The SMILES string of the molecule is CCOC(=O)C1=C(C)N=c2s/c(=C\c3cc(Br)cc(I)c3OCc3ccc(Br)cc3)c(=O)n2[C@@H]1c1ccc(OCC)cc1. The number of aromatic nitrogens is 1. The monoisotopic (exact) mass is 836 g/mol. The molecule has 11 heteroatoms. The molecule has 0 bridgehead atoms. The molecule has 0 N–H and O–H groups in total. The number of benzene rings is 3. The lowest BCUT2D eigenvalue weighted by Gasteiger charge is -2.24. The lowest BCUT2D eigenvalue weighted by molar-refractivity contribution is -0.139. The Morgan fingerprint density at radius 2 is 1.74 bits per heavy atom. The number of hydrogen-bond donors (Lipinski definition) is 0. The van der Waals surface area contributed by atoms with E-state index < -0.39 is 12.0 Å². The molecule has 1 aromatic heterocycles. The van der Waals surface area contributed by atoms with Gasteiger partial charge in [-0.05, 0) is 97.0 Å². The number of halogens is 3. The first kappa shape index (κ1) is 31.7. The van der Waals surface area contributed by atoms with E-state index in [1.807, 2.05) is 73.7 Å². The average molecular weight is 838 g/mol. The van der Waals surface area contributed by atoms with Crippen LogP contribution in [0.1, 0.15) is 43.5 Å². The van der Waals surface area contributed by atoms with Crippen LogP contribution in [0, 0.1) is 3.57 Å². The molecule has 0 saturated heterocycles. The lowest BCUT2D eigenvalue weighted by Crippen LogP contribution is -2.39. The van der Waals surface area contributed by atoms with Gasteiger partial charge in [0.2, 0.25) is 0 Å². The minimum Gasteiger partial charge on any atom is -0.494 e. The molecule has 0 spiro atoms. The maximum atomic E-state index is 14.1. The maximum absolute atomic E-state index is 14.1. The van der Waals surface area contributed by atoms with Crippen molar-refractivity contribution >= 4 is 77.8 Å². The van der Waals surface area contributed by atoms with Crippen LogP contribution in [0.25, 0.3) is 6.08 Å². The van der Waals surface area contributed by atoms with E-state index in [0.29, 0.717) is 45.3 Å². The summed E-state index contributed by atoms with van der Waals surface area (Å²) in [6.07, 6.45) is 1.83. The topological polar surface area (TPSA) is 79.1 Å². The fourth-order valence-corrected chi connectivity index (χ4v) is 7.74. The number of rotatable bonds is 9. The summed E-state index contributed by atoms with van der Waals surface area (Å²) in [6, 6.07) is 18.6. The minimum atomic E-state index is -0.705. The fourth-order valence-electron chi connectivity index (χ4n) is 4.74. The molecule has 7 nitrogen and oxygen atoms in total. The van der Waals surface area contributed by atoms with Crippen LogP contribution >= 0.6 is 65.8 Å². The van der Waals surface area contributed by atoms with E-state index in [2.05, 4.69) is 59.4 Å². The number of carbonyl (C=O) groups is 1. The average Bonchev–Trinajstić information content (AvgIpc) is 3.27. The Balaban J connectivity index is 1.63. The van der Waals surface area contributed by atoms with E-state index in [1.165, 1.54) is 11.3 Å². The Morgan fingerprint density at radius 1 is 1.02 bits per heavy atom. The van der Waals surface area contributed by atoms with Crippen LogP contribution in [0.2, 0.25) is 0 Å². The zero-order valence-corrected chi connectivity index (χ0v) is 29.7. The van der Waals surface area contributed by atoms with Crippen molar-refractivity contribution in [2.45, 2.75) is 33.4 Å². The van der Waals surface area contributed by atoms with Gasteiger partial charge in [-0.2, -0.15) is 0 Å². The number of hydrogen-bond acceptors (Lipinski definition) is 7. The van der Waals surface area contributed by atoms with Crippen LogP contribution < -0.4 is 24.4 Å². The lowest BCUT2D eigenvalue weighted by atomic mass is 9.96. The maximum Gasteiger partial charge on any atom is 0.338 e. The molecule has 1 aliphatic heterocycles. The summed E-state index contributed by atoms with van der Waals surface area (Å²) in [5, 5.41) is 0. The van der Waals surface area contributed by atoms with E-state index in [-0.39, 0.29) is 12.2 Å². The molecule has 43 heavy (non-hydrogen) atoms. The molecule has 0 saturated carbocycles. The highest BCUT2D eigenvalue weighted by Crippen LogP contribution is 2.33. The second kappa shape index (κ2) is 13.9. The van der Waals surface area contributed by atoms with Gasteiger partial charge in [-0.1, -0.05) is 67.5 Å². The molecule has 1 atom stereocenters. The van der Waals surface area contributed by atoms with Gasteiger partial charge in [0, 0.05) is 14.5 Å². The second-order valence-electron chi connectivity index (χ2n) is 9.53. The quantitative estimate of drug-likeness (QED) is 0.136. The van der Waals surface area contributed by atoms with Crippen molar-refractivity contribution in [3.05, 3.63) is 121 Å². The molecule has 3 aromatic carbocycles. The highest BCUT2D eigenvalue weighted by molar-refractivity contribution is 14.1. The van der Waals surface area contributed by atoms with Gasteiger partial charge in [-0.15, -0.1) is 0 Å². The van der Waals surface area contributed by atoms with Crippen LogP contribution in [-0.4, -0.2) is 23.8 Å². The van der Waals surface area contributed by atoms with Gasteiger partial charge in [-0.25, -0.2) is 9.79 Å². The van der Waals surface area contributed by atoms with Crippen molar-refractivity contribution in [1.82, 2.24) is 4.57 Å². The number of nitrogens with zero attached hydrogens (tertiary/aromatic N) is 2. The minimum absolute atomic E-state index is 0.209. The summed E-state index contributed by atoms with van der Waals surface area (Å²) in [5.41, 5.74) is 3.11. The van der Waals surface area contributed by atoms with Crippen LogP contribution in [0.5, 0.6) is 11.5 Å². The Bertz CT molecular complexity index is 1880. The molecule has 0 aliphatic carbocycles. The third-order valence-corrected chi connectivity index (χ3v) is 9.41. The van der Waals surface area contributed by atoms with E-state index >= 15 is 0 Å². The first-order chi connectivity index (χ1) is 20.7. The Kier molecular flexibility index (Phi) is 10.3. The molecule has 0 radical (unpaired) electrons. The Hall–Kier alpha value is -2.74. The third-order valence-electron chi connectivity index (χ3n) is 6.64. The number of allylic oxidation sites excluding steroid dienone is 1. The van der Waals surface area contributed by atoms with Gasteiger partial charge in [0.05, 0.1) is 38.6 Å². The van der Waals surface area contributed by atoms with Crippen LogP contribution in [0.4, 0.5) is 0 Å². The van der Waals surface area contributed by atoms with Crippen molar-refractivity contribution in [3.63, 3.8) is 0 Å². The third kappa shape index (κ3) is 7.00. The van der Waals surface area contributed by atoms with Gasteiger partial charge in [0.25, 0.3) is 5.56 Å². The largest absolute Gasteiger partial charge is 0.494 e. The summed E-state index contributed by atoms with van der Waals surface area (Å²) in [4.78, 5) is 32.5. The van der Waals surface area contributed by atoms with Crippen LogP contribution in [0.3, 0.4) is 0 Å². The summed E-state index contributed by atoms with van der Waals surface area (Å²) in [6.45, 7) is 6.56. The molecule has 1 aliphatic rings. The number of ether oxygens (including phenoxy) is 3. The molecule has 4 aromatic rings. The first-order valence-corrected chi connectivity index (χ1v) is 17.0. The van der Waals surface area contributed by atoms with E-state index in [9.17, 15) is 9.59 Å². The number of esters is 1. The van der Waals surface area contributed by atoms with Crippen molar-refractivity contribution in [2.75, 3.05) is 13.2 Å². The highest BCUT2D eigenvalue weighted by atomic mass is 127. The molecule has 0 fully saturated rings. The standard InChI is InChI=1S/C32H27Br2IN2O5S/c1-4-40-24-12-8-20(9-13-24)28-27(31(39)41-5-2)18(3)36-32-37(28)30(38)26(43-32)15-21-14-23(34)16-25(35)29(21)42-17-19-6-10-22(33)11-7-19/h6-16,28H,4-5,17H2,1-3H3/b26-15-/t28-/m1/s1. The number of fused-ring (bicyclic) bond motifs is 1. The van der Waals surface area contributed by atoms with Crippen LogP contribution in [-0.2, 0) is 16.1 Å².